The summed E-state index contributed by atoms with van der Waals surface area (Å²) in [5, 5.41) is 0. The van der Waals surface area contributed by atoms with Gasteiger partial charge in [0.2, 0.25) is 0 Å². The van der Waals surface area contributed by atoms with Crippen molar-refractivity contribution in [3.63, 3.8) is 0 Å². The number of rotatable bonds is 5. The molecular weight excluding hydrogens is 196 g/mol. The van der Waals surface area contributed by atoms with Crippen molar-refractivity contribution in [2.45, 2.75) is 32.9 Å². The van der Waals surface area contributed by atoms with Gasteiger partial charge in [0.15, 0.2) is 0 Å². The fourth-order valence-electron chi connectivity index (χ4n) is 1.35. The Morgan fingerprint density at radius 2 is 1.93 bits per heavy atom. The lowest BCUT2D eigenvalue weighted by molar-refractivity contribution is -0.140. The maximum atomic E-state index is 11.6. The van der Waals surface area contributed by atoms with Gasteiger partial charge in [-0.1, -0.05) is 6.92 Å². The molecule has 0 radical (unpaired) electrons. The second-order valence-electron chi connectivity index (χ2n) is 3.29. The Labute approximate surface area is 88.3 Å². The zero-order valence-corrected chi connectivity index (χ0v) is 9.10. The van der Waals surface area contributed by atoms with Crippen LogP contribution in [0.1, 0.15) is 19.8 Å². The minimum atomic E-state index is -0.301. The zero-order valence-electron chi connectivity index (χ0n) is 9.10. The van der Waals surface area contributed by atoms with Gasteiger partial charge in [-0.15, -0.1) is 0 Å². The summed E-state index contributed by atoms with van der Waals surface area (Å²) in [7, 11) is 1.34. The number of aromatic nitrogens is 2. The van der Waals surface area contributed by atoms with E-state index in [1.165, 1.54) is 11.7 Å². The molecule has 0 aliphatic heterocycles. The molecule has 0 unspecified atom stereocenters. The molecule has 1 heterocycles. The predicted molar refractivity (Wildman–Crippen MR) is 55.6 cm³/mol. The van der Waals surface area contributed by atoms with E-state index in [4.69, 9.17) is 0 Å². The van der Waals surface area contributed by atoms with E-state index in [1.54, 1.807) is 17.0 Å². The van der Waals surface area contributed by atoms with E-state index in [0.717, 1.165) is 6.42 Å². The van der Waals surface area contributed by atoms with E-state index < -0.39 is 0 Å². The van der Waals surface area contributed by atoms with Crippen LogP contribution in [0.5, 0.6) is 0 Å². The highest BCUT2D eigenvalue weighted by Gasteiger charge is 2.05. The van der Waals surface area contributed by atoms with Crippen LogP contribution in [0.25, 0.3) is 0 Å². The van der Waals surface area contributed by atoms with E-state index in [1.807, 2.05) is 6.92 Å². The lowest BCUT2D eigenvalue weighted by Crippen LogP contribution is -2.25. The van der Waals surface area contributed by atoms with Gasteiger partial charge in [0.25, 0.3) is 0 Å². The average molecular weight is 212 g/mol. The number of ether oxygens (including phenoxy) is 1. The normalized spacial score (nSPS) is 10.3. The molecule has 0 aromatic carbocycles. The van der Waals surface area contributed by atoms with Gasteiger partial charge in [-0.3, -0.25) is 13.9 Å². The smallest absolute Gasteiger partial charge is 0.328 e. The van der Waals surface area contributed by atoms with Gasteiger partial charge in [-0.25, -0.2) is 4.79 Å². The van der Waals surface area contributed by atoms with Crippen molar-refractivity contribution in [3.05, 3.63) is 22.9 Å². The molecule has 0 spiro atoms. The monoisotopic (exact) mass is 212 g/mol. The predicted octanol–water partition coefficient (Wildman–Crippen LogP) is 0.623. The summed E-state index contributed by atoms with van der Waals surface area (Å²) < 4.78 is 7.66. The lowest BCUT2D eigenvalue weighted by atomic mass is 10.4. The number of carbonyl (C=O) groups excluding carboxylic acids is 1. The second-order valence-corrected chi connectivity index (χ2v) is 3.29. The number of hydrogen-bond donors (Lipinski definition) is 0. The van der Waals surface area contributed by atoms with E-state index in [2.05, 4.69) is 4.74 Å². The minimum Gasteiger partial charge on any atom is -0.469 e. The first-order valence-corrected chi connectivity index (χ1v) is 5.01. The number of imidazole rings is 1. The Balaban J connectivity index is 2.62. The van der Waals surface area contributed by atoms with Gasteiger partial charge in [0.05, 0.1) is 13.5 Å². The Hall–Kier alpha value is -1.52. The molecule has 5 nitrogen and oxygen atoms in total. The first-order valence-electron chi connectivity index (χ1n) is 5.01. The van der Waals surface area contributed by atoms with Gasteiger partial charge >= 0.3 is 11.7 Å². The SMILES string of the molecule is CCCn1ccn(CCC(=O)OC)c1=O. The summed E-state index contributed by atoms with van der Waals surface area (Å²) >= 11 is 0. The Kier molecular flexibility index (Phi) is 4.15. The summed E-state index contributed by atoms with van der Waals surface area (Å²) in [5.74, 6) is -0.301. The summed E-state index contributed by atoms with van der Waals surface area (Å²) in [6, 6.07) is 0. The molecule has 0 aliphatic carbocycles. The summed E-state index contributed by atoms with van der Waals surface area (Å²) in [4.78, 5) is 22.5. The molecule has 0 fully saturated rings. The van der Waals surface area contributed by atoms with Crippen molar-refractivity contribution in [1.29, 1.82) is 0 Å². The van der Waals surface area contributed by atoms with Gasteiger partial charge < -0.3 is 4.74 Å². The molecule has 0 saturated heterocycles. The molecule has 1 aromatic heterocycles. The van der Waals surface area contributed by atoms with Crippen LogP contribution in [-0.2, 0) is 22.6 Å². The molecule has 5 heteroatoms. The van der Waals surface area contributed by atoms with Crippen molar-refractivity contribution in [3.8, 4) is 0 Å². The van der Waals surface area contributed by atoms with Crippen molar-refractivity contribution >= 4 is 5.97 Å². The maximum Gasteiger partial charge on any atom is 0.328 e. The number of nitrogens with zero attached hydrogens (tertiary/aromatic N) is 2. The molecule has 0 amide bonds. The van der Waals surface area contributed by atoms with Crippen molar-refractivity contribution in [2.75, 3.05) is 7.11 Å². The Morgan fingerprint density at radius 3 is 2.47 bits per heavy atom. The molecule has 0 N–H and O–H groups in total. The molecule has 0 saturated carbocycles. The van der Waals surface area contributed by atoms with E-state index in [-0.39, 0.29) is 18.1 Å². The van der Waals surface area contributed by atoms with Gasteiger partial charge in [0, 0.05) is 25.5 Å². The van der Waals surface area contributed by atoms with E-state index in [0.29, 0.717) is 13.1 Å². The number of aryl methyl sites for hydroxylation is 2. The van der Waals surface area contributed by atoms with E-state index in [9.17, 15) is 9.59 Å². The number of esters is 1. The van der Waals surface area contributed by atoms with Crippen molar-refractivity contribution < 1.29 is 9.53 Å². The van der Waals surface area contributed by atoms with Crippen LogP contribution in [0.3, 0.4) is 0 Å². The largest absolute Gasteiger partial charge is 0.469 e. The number of carbonyl (C=O) groups is 1. The third-order valence-corrected chi connectivity index (χ3v) is 2.17. The Morgan fingerprint density at radius 1 is 1.33 bits per heavy atom. The summed E-state index contributed by atoms with van der Waals surface area (Å²) in [6.07, 6.45) is 4.58. The molecule has 84 valence electrons. The van der Waals surface area contributed by atoms with Crippen LogP contribution in [0.2, 0.25) is 0 Å². The van der Waals surface area contributed by atoms with Gasteiger partial charge in [-0.2, -0.15) is 0 Å². The average Bonchev–Trinajstić information content (AvgIpc) is 2.58. The Bertz CT molecular complexity index is 378. The summed E-state index contributed by atoms with van der Waals surface area (Å²) in [5.41, 5.74) is -0.0687. The number of hydrogen-bond acceptors (Lipinski definition) is 3. The lowest BCUT2D eigenvalue weighted by Gasteiger charge is -2.00. The van der Waals surface area contributed by atoms with Crippen LogP contribution in [0.15, 0.2) is 17.2 Å². The molecule has 0 atom stereocenters. The minimum absolute atomic E-state index is 0.0687. The second kappa shape index (κ2) is 5.38. The molecule has 1 rings (SSSR count). The fraction of sp³-hybridized carbons (Fsp3) is 0.600. The van der Waals surface area contributed by atoms with Gasteiger partial charge in [0.1, 0.15) is 0 Å². The quantitative estimate of drug-likeness (QED) is 0.672. The molecular formula is C10H16N2O3. The zero-order chi connectivity index (χ0) is 11.3. The fourth-order valence-corrected chi connectivity index (χ4v) is 1.35. The molecule has 1 aromatic rings. The highest BCUT2D eigenvalue weighted by molar-refractivity contribution is 5.68. The highest BCUT2D eigenvalue weighted by atomic mass is 16.5. The third-order valence-electron chi connectivity index (χ3n) is 2.17. The molecule has 0 bridgehead atoms. The summed E-state index contributed by atoms with van der Waals surface area (Å²) in [6.45, 7) is 3.10. The maximum absolute atomic E-state index is 11.6. The first-order chi connectivity index (χ1) is 7.19. The third kappa shape index (κ3) is 2.97. The van der Waals surface area contributed by atoms with Crippen LogP contribution < -0.4 is 5.69 Å². The highest BCUT2D eigenvalue weighted by Crippen LogP contribution is 1.92. The van der Waals surface area contributed by atoms with Crippen LogP contribution in [0, 0.1) is 0 Å². The van der Waals surface area contributed by atoms with Crippen LogP contribution in [-0.4, -0.2) is 22.2 Å². The van der Waals surface area contributed by atoms with Crippen LogP contribution >= 0.6 is 0 Å². The van der Waals surface area contributed by atoms with Gasteiger partial charge in [-0.05, 0) is 6.42 Å². The number of methoxy groups -OCH3 is 1. The van der Waals surface area contributed by atoms with E-state index >= 15 is 0 Å². The van der Waals surface area contributed by atoms with Crippen molar-refractivity contribution in [1.82, 2.24) is 9.13 Å². The molecule has 15 heavy (non-hydrogen) atoms. The van der Waals surface area contributed by atoms with Crippen LogP contribution in [0.4, 0.5) is 0 Å². The first kappa shape index (κ1) is 11.6. The molecule has 0 aliphatic rings. The van der Waals surface area contributed by atoms with Crippen molar-refractivity contribution in [2.24, 2.45) is 0 Å². The topological polar surface area (TPSA) is 53.2 Å². The standard InChI is InChI=1S/C10H16N2O3/c1-3-5-11-7-8-12(10(11)14)6-4-9(13)15-2/h7-8H,3-6H2,1-2H3.